The van der Waals surface area contributed by atoms with Crippen molar-refractivity contribution in [2.75, 3.05) is 49.3 Å². The predicted octanol–water partition coefficient (Wildman–Crippen LogP) is 1.47. The molecule has 0 aromatic carbocycles. The van der Waals surface area contributed by atoms with Crippen molar-refractivity contribution >= 4 is 19.4 Å². The van der Waals surface area contributed by atoms with E-state index in [4.69, 9.17) is 0 Å². The monoisotopic (exact) mass is 296 g/mol. The summed E-state index contributed by atoms with van der Waals surface area (Å²) in [4.78, 5) is 10.9. The minimum absolute atomic E-state index is 0.455. The van der Waals surface area contributed by atoms with Crippen molar-refractivity contribution < 1.29 is 4.57 Å². The Balaban J connectivity index is 1.80. The fraction of sp³-hybridized carbons (Fsp3) is 0.667. The normalized spacial score (nSPS) is 18.9. The first-order valence-corrected chi connectivity index (χ1v) is 8.75. The lowest BCUT2D eigenvalue weighted by atomic mass is 10.4. The second kappa shape index (κ2) is 5.31. The Morgan fingerprint density at radius 1 is 1.25 bits per heavy atom. The highest BCUT2D eigenvalue weighted by Crippen LogP contribution is 2.59. The average molecular weight is 296 g/mol. The summed E-state index contributed by atoms with van der Waals surface area (Å²) in [7, 11) is -2.66. The van der Waals surface area contributed by atoms with Gasteiger partial charge in [0, 0.05) is 45.5 Å². The van der Waals surface area contributed by atoms with Crippen molar-refractivity contribution in [1.29, 1.82) is 0 Å². The van der Waals surface area contributed by atoms with Crippen LogP contribution in [-0.2, 0) is 4.57 Å². The van der Waals surface area contributed by atoms with Gasteiger partial charge in [0.25, 0.3) is 0 Å². The molecular formula is C12H21N6OP. The van der Waals surface area contributed by atoms with E-state index >= 15 is 0 Å². The number of hydrogen-bond acceptors (Lipinski definition) is 4. The Kier molecular flexibility index (Phi) is 3.67. The molecule has 1 N–H and O–H groups in total. The molecule has 1 aromatic rings. The SMILES string of the molecule is CCN(CC)c1ccnc(NP(=O)(N2CC2)N2CC2)n1. The summed E-state index contributed by atoms with van der Waals surface area (Å²) < 4.78 is 16.9. The van der Waals surface area contributed by atoms with Gasteiger partial charge in [-0.05, 0) is 19.9 Å². The molecule has 2 saturated heterocycles. The van der Waals surface area contributed by atoms with Gasteiger partial charge in [-0.3, -0.25) is 9.65 Å². The molecule has 0 radical (unpaired) electrons. The van der Waals surface area contributed by atoms with Gasteiger partial charge in [-0.1, -0.05) is 0 Å². The summed E-state index contributed by atoms with van der Waals surface area (Å²) >= 11 is 0. The summed E-state index contributed by atoms with van der Waals surface area (Å²) in [6.07, 6.45) is 1.72. The van der Waals surface area contributed by atoms with Crippen molar-refractivity contribution in [3.05, 3.63) is 12.3 Å². The quantitative estimate of drug-likeness (QED) is 0.604. The smallest absolute Gasteiger partial charge is 0.311 e. The highest BCUT2D eigenvalue weighted by atomic mass is 31.2. The zero-order valence-electron chi connectivity index (χ0n) is 12.0. The minimum atomic E-state index is -2.66. The lowest BCUT2D eigenvalue weighted by molar-refractivity contribution is 0.523. The second-order valence-corrected chi connectivity index (χ2v) is 7.42. The van der Waals surface area contributed by atoms with Gasteiger partial charge in [-0.25, -0.2) is 14.3 Å². The molecule has 2 fully saturated rings. The van der Waals surface area contributed by atoms with E-state index < -0.39 is 7.59 Å². The third-order valence-corrected chi connectivity index (χ3v) is 6.41. The Hall–Kier alpha value is -1.17. The van der Waals surface area contributed by atoms with Gasteiger partial charge in [-0.15, -0.1) is 0 Å². The highest BCUT2D eigenvalue weighted by molar-refractivity contribution is 7.61. The van der Waals surface area contributed by atoms with Crippen molar-refractivity contribution in [1.82, 2.24) is 19.3 Å². The number of nitrogens with zero attached hydrogens (tertiary/aromatic N) is 5. The second-order valence-electron chi connectivity index (χ2n) is 4.97. The Bertz CT molecular complexity index is 510. The van der Waals surface area contributed by atoms with E-state index in [-0.39, 0.29) is 0 Å². The number of rotatable bonds is 7. The molecule has 8 heteroatoms. The lowest BCUT2D eigenvalue weighted by Crippen LogP contribution is -2.23. The van der Waals surface area contributed by atoms with Crippen molar-refractivity contribution in [2.24, 2.45) is 0 Å². The van der Waals surface area contributed by atoms with Crippen LogP contribution < -0.4 is 9.99 Å². The largest absolute Gasteiger partial charge is 0.357 e. The van der Waals surface area contributed by atoms with Crippen LogP contribution in [0.15, 0.2) is 12.3 Å². The van der Waals surface area contributed by atoms with Crippen LogP contribution in [-0.4, -0.2) is 58.6 Å². The first kappa shape index (κ1) is 13.8. The summed E-state index contributed by atoms with van der Waals surface area (Å²) in [6.45, 7) is 9.51. The van der Waals surface area contributed by atoms with Gasteiger partial charge in [0.1, 0.15) is 5.82 Å². The molecule has 0 saturated carbocycles. The molecule has 20 heavy (non-hydrogen) atoms. The van der Waals surface area contributed by atoms with Crippen LogP contribution in [0.3, 0.4) is 0 Å². The summed E-state index contributed by atoms with van der Waals surface area (Å²) in [5.74, 6) is 1.33. The Labute approximate surface area is 119 Å². The van der Waals surface area contributed by atoms with Crippen molar-refractivity contribution in [3.63, 3.8) is 0 Å². The molecule has 0 unspecified atom stereocenters. The topological polar surface area (TPSA) is 64.1 Å². The van der Waals surface area contributed by atoms with Gasteiger partial charge in [0.05, 0.1) is 0 Å². The molecule has 3 heterocycles. The van der Waals surface area contributed by atoms with Crippen LogP contribution in [0.2, 0.25) is 0 Å². The van der Waals surface area contributed by atoms with E-state index in [1.165, 1.54) is 0 Å². The zero-order chi connectivity index (χ0) is 14.2. The van der Waals surface area contributed by atoms with Crippen molar-refractivity contribution in [3.8, 4) is 0 Å². The molecule has 0 aliphatic carbocycles. The first-order chi connectivity index (χ1) is 9.67. The van der Waals surface area contributed by atoms with Gasteiger partial charge in [0.15, 0.2) is 0 Å². The minimum Gasteiger partial charge on any atom is -0.357 e. The predicted molar refractivity (Wildman–Crippen MR) is 80.0 cm³/mol. The Morgan fingerprint density at radius 2 is 1.85 bits per heavy atom. The summed E-state index contributed by atoms with van der Waals surface area (Å²) in [5.41, 5.74) is 0. The van der Waals surface area contributed by atoms with E-state index in [1.807, 2.05) is 15.4 Å². The van der Waals surface area contributed by atoms with Crippen LogP contribution in [0.5, 0.6) is 0 Å². The molecule has 0 spiro atoms. The molecule has 0 amide bonds. The van der Waals surface area contributed by atoms with E-state index in [1.54, 1.807) is 6.20 Å². The van der Waals surface area contributed by atoms with Crippen molar-refractivity contribution in [2.45, 2.75) is 13.8 Å². The van der Waals surface area contributed by atoms with Crippen LogP contribution in [0, 0.1) is 0 Å². The van der Waals surface area contributed by atoms with Crippen LogP contribution in [0.1, 0.15) is 13.8 Å². The number of aromatic nitrogens is 2. The lowest BCUT2D eigenvalue weighted by Gasteiger charge is -2.23. The van der Waals surface area contributed by atoms with E-state index in [0.29, 0.717) is 5.95 Å². The molecule has 3 rings (SSSR count). The number of nitrogens with one attached hydrogen (secondary N) is 1. The first-order valence-electron chi connectivity index (χ1n) is 7.14. The number of hydrogen-bond donors (Lipinski definition) is 1. The maximum absolute atomic E-state index is 13.0. The van der Waals surface area contributed by atoms with Gasteiger partial charge < -0.3 is 4.90 Å². The molecule has 1 aromatic heterocycles. The standard InChI is InChI=1S/C12H21N6OP/c1-3-16(4-2)11-5-6-13-12(14-11)15-20(19,17-7-8-17)18-9-10-18/h5-6H,3-4,7-10H2,1-2H3,(H,13,14,15,19). The molecule has 0 atom stereocenters. The van der Waals surface area contributed by atoms with E-state index in [2.05, 4.69) is 33.8 Å². The molecule has 2 aliphatic rings. The maximum atomic E-state index is 13.0. The van der Waals surface area contributed by atoms with Gasteiger partial charge in [0.2, 0.25) is 5.95 Å². The maximum Gasteiger partial charge on any atom is 0.311 e. The van der Waals surface area contributed by atoms with Gasteiger partial charge >= 0.3 is 7.59 Å². The molecular weight excluding hydrogens is 275 g/mol. The highest BCUT2D eigenvalue weighted by Gasteiger charge is 2.48. The zero-order valence-corrected chi connectivity index (χ0v) is 12.9. The number of anilines is 2. The fourth-order valence-electron chi connectivity index (χ4n) is 2.21. The van der Waals surface area contributed by atoms with Crippen LogP contribution in [0.25, 0.3) is 0 Å². The third kappa shape index (κ3) is 2.66. The van der Waals surface area contributed by atoms with Gasteiger partial charge in [-0.2, -0.15) is 4.98 Å². The third-order valence-electron chi connectivity index (χ3n) is 3.59. The van der Waals surface area contributed by atoms with E-state index in [0.717, 1.165) is 45.1 Å². The molecule has 0 bridgehead atoms. The van der Waals surface area contributed by atoms with Crippen LogP contribution >= 0.6 is 7.59 Å². The Morgan fingerprint density at radius 3 is 2.35 bits per heavy atom. The fourth-order valence-corrected chi connectivity index (χ4v) is 4.48. The summed E-state index contributed by atoms with van der Waals surface area (Å²) in [5, 5.41) is 3.08. The summed E-state index contributed by atoms with van der Waals surface area (Å²) in [6, 6.07) is 1.89. The van der Waals surface area contributed by atoms with E-state index in [9.17, 15) is 4.57 Å². The molecule has 2 aliphatic heterocycles. The average Bonchev–Trinajstić information content (AvgIpc) is 3.32. The molecule has 110 valence electrons. The van der Waals surface area contributed by atoms with Crippen LogP contribution in [0.4, 0.5) is 11.8 Å². The molecule has 7 nitrogen and oxygen atoms in total.